The minimum absolute atomic E-state index is 0.806. The highest BCUT2D eigenvalue weighted by Gasteiger charge is 2.08. The van der Waals surface area contributed by atoms with Crippen LogP contribution >= 0.6 is 0 Å². The summed E-state index contributed by atoms with van der Waals surface area (Å²) in [6, 6.07) is 8.38. The lowest BCUT2D eigenvalue weighted by Gasteiger charge is -2.02. The largest absolute Gasteiger partial charge is 0.314 e. The van der Waals surface area contributed by atoms with E-state index in [0.717, 1.165) is 25.2 Å². The molecule has 0 aliphatic carbocycles. The third-order valence-corrected chi connectivity index (χ3v) is 2.83. The fourth-order valence-electron chi connectivity index (χ4n) is 1.96. The number of aromatic nitrogens is 2. The van der Waals surface area contributed by atoms with E-state index in [1.54, 1.807) is 0 Å². The SMILES string of the molecule is C=C(C)CCn1nc(CNC)c2ccccc21. The summed E-state index contributed by atoms with van der Waals surface area (Å²) in [5.74, 6) is 0. The van der Waals surface area contributed by atoms with Crippen LogP contribution in [0, 0.1) is 0 Å². The van der Waals surface area contributed by atoms with Crippen LogP contribution in [0.3, 0.4) is 0 Å². The van der Waals surface area contributed by atoms with Gasteiger partial charge in [-0.15, -0.1) is 6.58 Å². The lowest BCUT2D eigenvalue weighted by atomic mass is 10.2. The summed E-state index contributed by atoms with van der Waals surface area (Å²) in [7, 11) is 1.95. The molecule has 1 aromatic heterocycles. The van der Waals surface area contributed by atoms with Crippen molar-refractivity contribution >= 4 is 10.9 Å². The highest BCUT2D eigenvalue weighted by molar-refractivity contribution is 5.81. The van der Waals surface area contributed by atoms with Crippen molar-refractivity contribution in [1.29, 1.82) is 0 Å². The van der Waals surface area contributed by atoms with Gasteiger partial charge in [0, 0.05) is 18.5 Å². The predicted molar refractivity (Wildman–Crippen MR) is 71.9 cm³/mol. The van der Waals surface area contributed by atoms with Crippen molar-refractivity contribution in [2.24, 2.45) is 0 Å². The average Bonchev–Trinajstić information content (AvgIpc) is 2.66. The van der Waals surface area contributed by atoms with Gasteiger partial charge in [-0.3, -0.25) is 4.68 Å². The molecule has 3 heteroatoms. The normalized spacial score (nSPS) is 10.9. The van der Waals surface area contributed by atoms with Crippen LogP contribution in [0.1, 0.15) is 19.0 Å². The molecule has 3 nitrogen and oxygen atoms in total. The molecule has 17 heavy (non-hydrogen) atoms. The maximum absolute atomic E-state index is 4.66. The first-order chi connectivity index (χ1) is 8.22. The Kier molecular flexibility index (Phi) is 3.59. The smallest absolute Gasteiger partial charge is 0.0841 e. The maximum atomic E-state index is 4.66. The van der Waals surface area contributed by atoms with Gasteiger partial charge in [0.15, 0.2) is 0 Å². The number of aryl methyl sites for hydroxylation is 1. The molecule has 0 radical (unpaired) electrons. The number of para-hydroxylation sites is 1. The number of fused-ring (bicyclic) bond motifs is 1. The van der Waals surface area contributed by atoms with Gasteiger partial charge in [-0.05, 0) is 26.5 Å². The molecule has 1 N–H and O–H groups in total. The fourth-order valence-corrected chi connectivity index (χ4v) is 1.96. The average molecular weight is 229 g/mol. The quantitative estimate of drug-likeness (QED) is 0.799. The van der Waals surface area contributed by atoms with E-state index in [-0.39, 0.29) is 0 Å². The van der Waals surface area contributed by atoms with E-state index in [0.29, 0.717) is 0 Å². The second-order valence-corrected chi connectivity index (χ2v) is 4.42. The maximum Gasteiger partial charge on any atom is 0.0841 e. The Morgan fingerprint density at radius 1 is 1.41 bits per heavy atom. The lowest BCUT2D eigenvalue weighted by molar-refractivity contribution is 0.616. The summed E-state index contributed by atoms with van der Waals surface area (Å²) in [6.07, 6.45) is 0.977. The van der Waals surface area contributed by atoms with Crippen LogP contribution in [0.5, 0.6) is 0 Å². The van der Waals surface area contributed by atoms with Crippen LogP contribution < -0.4 is 5.32 Å². The van der Waals surface area contributed by atoms with Crippen molar-refractivity contribution in [2.75, 3.05) is 7.05 Å². The van der Waals surface area contributed by atoms with Gasteiger partial charge in [0.1, 0.15) is 0 Å². The molecule has 1 aromatic carbocycles. The summed E-state index contributed by atoms with van der Waals surface area (Å²) < 4.78 is 2.08. The molecule has 0 unspecified atom stereocenters. The van der Waals surface area contributed by atoms with Crippen LogP contribution in [-0.4, -0.2) is 16.8 Å². The minimum atomic E-state index is 0.806. The monoisotopic (exact) mass is 229 g/mol. The molecule has 0 fully saturated rings. The summed E-state index contributed by atoms with van der Waals surface area (Å²) in [4.78, 5) is 0. The Hall–Kier alpha value is -1.61. The second-order valence-electron chi connectivity index (χ2n) is 4.42. The van der Waals surface area contributed by atoms with E-state index < -0.39 is 0 Å². The molecular formula is C14H19N3. The first-order valence-corrected chi connectivity index (χ1v) is 5.96. The van der Waals surface area contributed by atoms with Crippen LogP contribution in [0.15, 0.2) is 36.4 Å². The number of hydrogen-bond donors (Lipinski definition) is 1. The van der Waals surface area contributed by atoms with Gasteiger partial charge < -0.3 is 5.32 Å². The second kappa shape index (κ2) is 5.15. The topological polar surface area (TPSA) is 29.9 Å². The van der Waals surface area contributed by atoms with E-state index in [9.17, 15) is 0 Å². The highest BCUT2D eigenvalue weighted by Crippen LogP contribution is 2.19. The van der Waals surface area contributed by atoms with E-state index in [2.05, 4.69) is 52.9 Å². The van der Waals surface area contributed by atoms with E-state index in [4.69, 9.17) is 0 Å². The zero-order valence-electron chi connectivity index (χ0n) is 10.5. The molecule has 0 aliphatic heterocycles. The summed E-state index contributed by atoms with van der Waals surface area (Å²) >= 11 is 0. The molecule has 1 heterocycles. The molecule has 0 saturated carbocycles. The summed E-state index contributed by atoms with van der Waals surface area (Å²) in [6.45, 7) is 7.70. The Morgan fingerprint density at radius 2 is 2.18 bits per heavy atom. The molecule has 0 amide bonds. The van der Waals surface area contributed by atoms with Crippen LogP contribution in [0.2, 0.25) is 0 Å². The standard InChI is InChI=1S/C14H19N3/c1-11(2)8-9-17-14-7-5-4-6-12(14)13(16-17)10-15-3/h4-7,15H,1,8-10H2,2-3H3. The summed E-state index contributed by atoms with van der Waals surface area (Å²) in [5, 5.41) is 9.06. The highest BCUT2D eigenvalue weighted by atomic mass is 15.3. The molecule has 90 valence electrons. The molecule has 0 bridgehead atoms. The van der Waals surface area contributed by atoms with E-state index >= 15 is 0 Å². The van der Waals surface area contributed by atoms with Gasteiger partial charge in [-0.25, -0.2) is 0 Å². The van der Waals surface area contributed by atoms with Crippen molar-refractivity contribution in [3.05, 3.63) is 42.1 Å². The van der Waals surface area contributed by atoms with Crippen LogP contribution in [0.25, 0.3) is 10.9 Å². The van der Waals surface area contributed by atoms with Gasteiger partial charge in [0.25, 0.3) is 0 Å². The first kappa shape index (κ1) is 11.9. The number of nitrogens with one attached hydrogen (secondary N) is 1. The van der Waals surface area contributed by atoms with Gasteiger partial charge in [0.2, 0.25) is 0 Å². The van der Waals surface area contributed by atoms with Crippen LogP contribution in [0.4, 0.5) is 0 Å². The zero-order chi connectivity index (χ0) is 12.3. The van der Waals surface area contributed by atoms with Crippen molar-refractivity contribution in [2.45, 2.75) is 26.4 Å². The Bertz CT molecular complexity index is 525. The molecule has 0 saturated heterocycles. The van der Waals surface area contributed by atoms with E-state index in [1.807, 2.05) is 7.05 Å². The predicted octanol–water partition coefficient (Wildman–Crippen LogP) is 2.72. The molecule has 2 aromatic rings. The number of nitrogens with zero attached hydrogens (tertiary/aromatic N) is 2. The molecule has 0 atom stereocenters. The summed E-state index contributed by atoms with van der Waals surface area (Å²) in [5.41, 5.74) is 3.52. The molecule has 0 aliphatic rings. The van der Waals surface area contributed by atoms with Crippen molar-refractivity contribution in [3.8, 4) is 0 Å². The zero-order valence-corrected chi connectivity index (χ0v) is 10.5. The Balaban J connectivity index is 2.37. The van der Waals surface area contributed by atoms with Gasteiger partial charge in [0.05, 0.1) is 11.2 Å². The van der Waals surface area contributed by atoms with Gasteiger partial charge >= 0.3 is 0 Å². The van der Waals surface area contributed by atoms with Gasteiger partial charge in [-0.2, -0.15) is 5.10 Å². The fraction of sp³-hybridized carbons (Fsp3) is 0.357. The van der Waals surface area contributed by atoms with Crippen LogP contribution in [-0.2, 0) is 13.1 Å². The molecule has 2 rings (SSSR count). The number of allylic oxidation sites excluding steroid dienone is 1. The number of rotatable bonds is 5. The molecular weight excluding hydrogens is 210 g/mol. The van der Waals surface area contributed by atoms with Crippen molar-refractivity contribution in [3.63, 3.8) is 0 Å². The van der Waals surface area contributed by atoms with Gasteiger partial charge in [-0.1, -0.05) is 23.8 Å². The molecule has 0 spiro atoms. The number of benzene rings is 1. The third kappa shape index (κ3) is 2.56. The van der Waals surface area contributed by atoms with Crippen molar-refractivity contribution < 1.29 is 0 Å². The Labute approximate surface area is 102 Å². The lowest BCUT2D eigenvalue weighted by Crippen LogP contribution is -2.07. The number of hydrogen-bond acceptors (Lipinski definition) is 2. The van der Waals surface area contributed by atoms with E-state index in [1.165, 1.54) is 16.5 Å². The first-order valence-electron chi connectivity index (χ1n) is 5.96. The minimum Gasteiger partial charge on any atom is -0.314 e. The third-order valence-electron chi connectivity index (χ3n) is 2.83. The van der Waals surface area contributed by atoms with Crippen molar-refractivity contribution in [1.82, 2.24) is 15.1 Å². The Morgan fingerprint density at radius 3 is 2.88 bits per heavy atom.